The molecule has 0 radical (unpaired) electrons. The van der Waals surface area contributed by atoms with E-state index in [1.54, 1.807) is 5.32 Å². The van der Waals surface area contributed by atoms with E-state index in [1.165, 1.54) is 0 Å². The van der Waals surface area contributed by atoms with Crippen LogP contribution < -0.4 is 5.32 Å². The molecule has 0 bridgehead atoms. The molecular weight excluding hydrogens is 134 g/mol. The predicted molar refractivity (Wildman–Crippen MR) is 27.8 cm³/mol. The molecule has 0 unspecified atom stereocenters. The molecule has 0 aliphatic rings. The lowest BCUT2D eigenvalue weighted by molar-refractivity contribution is -0.118. The Hall–Kier alpha value is -0.675. The Morgan fingerprint density at radius 2 is 2.00 bits per heavy atom. The van der Waals surface area contributed by atoms with Crippen molar-refractivity contribution in [2.75, 3.05) is 6.44 Å². The molecular formula is C3H6BF3NO-. The second kappa shape index (κ2) is 2.75. The van der Waals surface area contributed by atoms with E-state index in [2.05, 4.69) is 0 Å². The Labute approximate surface area is 50.5 Å². The van der Waals surface area contributed by atoms with E-state index in [0.717, 1.165) is 6.92 Å². The summed E-state index contributed by atoms with van der Waals surface area (Å²) in [5.41, 5.74) is 0. The Balaban J connectivity index is 3.39. The Morgan fingerprint density at radius 1 is 1.56 bits per heavy atom. The zero-order valence-corrected chi connectivity index (χ0v) is 4.83. The van der Waals surface area contributed by atoms with Crippen molar-refractivity contribution in [2.24, 2.45) is 0 Å². The van der Waals surface area contributed by atoms with Crippen LogP contribution in [0.25, 0.3) is 0 Å². The molecule has 1 N–H and O–H groups in total. The van der Waals surface area contributed by atoms with E-state index in [0.29, 0.717) is 0 Å². The smallest absolute Gasteiger partial charge is 0.448 e. The van der Waals surface area contributed by atoms with Crippen molar-refractivity contribution in [3.63, 3.8) is 0 Å². The van der Waals surface area contributed by atoms with Crippen molar-refractivity contribution < 1.29 is 17.7 Å². The summed E-state index contributed by atoms with van der Waals surface area (Å²) in [6.07, 6.45) is -1.19. The summed E-state index contributed by atoms with van der Waals surface area (Å²) >= 11 is 0. The van der Waals surface area contributed by atoms with Crippen LogP contribution in [0.2, 0.25) is 0 Å². The lowest BCUT2D eigenvalue weighted by atomic mass is 9.92. The molecule has 0 aromatic carbocycles. The molecule has 2 nitrogen and oxygen atoms in total. The highest BCUT2D eigenvalue weighted by atomic mass is 19.4. The average Bonchev–Trinajstić information content (AvgIpc) is 1.59. The van der Waals surface area contributed by atoms with Gasteiger partial charge in [0.25, 0.3) is 0 Å². The number of carbonyl (C=O) groups is 1. The molecule has 0 saturated carbocycles. The molecule has 0 aliphatic heterocycles. The average molecular weight is 140 g/mol. The molecule has 0 aliphatic carbocycles. The van der Waals surface area contributed by atoms with Crippen LogP contribution in [0.4, 0.5) is 12.9 Å². The highest BCUT2D eigenvalue weighted by Gasteiger charge is 2.22. The van der Waals surface area contributed by atoms with E-state index in [1.807, 2.05) is 0 Å². The van der Waals surface area contributed by atoms with E-state index < -0.39 is 19.3 Å². The van der Waals surface area contributed by atoms with Crippen molar-refractivity contribution in [3.05, 3.63) is 0 Å². The minimum atomic E-state index is -4.86. The first-order valence-electron chi connectivity index (χ1n) is 2.37. The maximum absolute atomic E-state index is 11.3. The fourth-order valence-corrected chi connectivity index (χ4v) is 0.259. The lowest BCUT2D eigenvalue weighted by Gasteiger charge is -2.12. The molecule has 0 heterocycles. The largest absolute Gasteiger partial charge is 0.497 e. The van der Waals surface area contributed by atoms with Gasteiger partial charge < -0.3 is 18.3 Å². The van der Waals surface area contributed by atoms with Crippen molar-refractivity contribution in [1.29, 1.82) is 0 Å². The summed E-state index contributed by atoms with van der Waals surface area (Å²) < 4.78 is 33.8. The molecule has 0 rings (SSSR count). The first kappa shape index (κ1) is 8.32. The third-order valence-electron chi connectivity index (χ3n) is 0.582. The number of hydrogen-bond acceptors (Lipinski definition) is 1. The van der Waals surface area contributed by atoms with Gasteiger partial charge in [0.2, 0.25) is 5.91 Å². The number of rotatable bonds is 2. The zero-order valence-electron chi connectivity index (χ0n) is 4.83. The van der Waals surface area contributed by atoms with Crippen molar-refractivity contribution >= 4 is 12.9 Å². The minimum absolute atomic E-state index is 0.658. The molecule has 0 fully saturated rings. The van der Waals surface area contributed by atoms with Crippen LogP contribution in [0.3, 0.4) is 0 Å². The summed E-state index contributed by atoms with van der Waals surface area (Å²) in [6.45, 7) is -3.82. The van der Waals surface area contributed by atoms with Crippen LogP contribution in [0.5, 0.6) is 0 Å². The summed E-state index contributed by atoms with van der Waals surface area (Å²) in [5, 5.41) is 1.65. The van der Waals surface area contributed by atoms with Gasteiger partial charge in [-0.15, -0.1) is 0 Å². The fraction of sp³-hybridized carbons (Fsp3) is 0.667. The molecule has 54 valence electrons. The summed E-state index contributed by atoms with van der Waals surface area (Å²) in [7, 11) is 0. The summed E-state index contributed by atoms with van der Waals surface area (Å²) in [4.78, 5) is 9.89. The van der Waals surface area contributed by atoms with Gasteiger partial charge in [-0.3, -0.25) is 4.79 Å². The Morgan fingerprint density at radius 3 is 2.11 bits per heavy atom. The number of nitrogens with one attached hydrogen (secondary N) is 1. The van der Waals surface area contributed by atoms with E-state index in [9.17, 15) is 17.7 Å². The van der Waals surface area contributed by atoms with Gasteiger partial charge in [-0.1, -0.05) is 0 Å². The lowest BCUT2D eigenvalue weighted by Crippen LogP contribution is -2.36. The van der Waals surface area contributed by atoms with Gasteiger partial charge in [0, 0.05) is 6.92 Å². The third-order valence-corrected chi connectivity index (χ3v) is 0.582. The number of halogens is 3. The van der Waals surface area contributed by atoms with Gasteiger partial charge in [0.1, 0.15) is 0 Å². The topological polar surface area (TPSA) is 29.1 Å². The molecule has 1 amide bonds. The predicted octanol–water partition coefficient (Wildman–Crippen LogP) is 0.509. The SMILES string of the molecule is CC(=O)NC[B-](F)(F)F. The van der Waals surface area contributed by atoms with Crippen molar-refractivity contribution in [3.8, 4) is 0 Å². The molecule has 6 heteroatoms. The van der Waals surface area contributed by atoms with Gasteiger partial charge >= 0.3 is 6.98 Å². The van der Waals surface area contributed by atoms with Gasteiger partial charge in [0.05, 0.1) is 0 Å². The van der Waals surface area contributed by atoms with Gasteiger partial charge in [-0.05, 0) is 6.44 Å². The Bertz CT molecular complexity index is 112. The molecule has 9 heavy (non-hydrogen) atoms. The maximum atomic E-state index is 11.3. The van der Waals surface area contributed by atoms with Crippen LogP contribution >= 0.6 is 0 Å². The summed E-state index contributed by atoms with van der Waals surface area (Å²) in [6, 6.07) is 0. The molecule has 0 saturated heterocycles. The maximum Gasteiger partial charge on any atom is 0.497 e. The quantitative estimate of drug-likeness (QED) is 0.556. The minimum Gasteiger partial charge on any atom is -0.448 e. The van der Waals surface area contributed by atoms with E-state index in [-0.39, 0.29) is 0 Å². The van der Waals surface area contributed by atoms with Crippen LogP contribution in [-0.2, 0) is 4.79 Å². The second-order valence-electron chi connectivity index (χ2n) is 1.65. The summed E-state index contributed by atoms with van der Waals surface area (Å²) in [5.74, 6) is -0.658. The number of hydrogen-bond donors (Lipinski definition) is 1. The van der Waals surface area contributed by atoms with E-state index in [4.69, 9.17) is 0 Å². The van der Waals surface area contributed by atoms with E-state index >= 15 is 0 Å². The second-order valence-corrected chi connectivity index (χ2v) is 1.65. The van der Waals surface area contributed by atoms with Crippen LogP contribution in [0.1, 0.15) is 6.92 Å². The first-order valence-corrected chi connectivity index (χ1v) is 2.37. The van der Waals surface area contributed by atoms with Crippen LogP contribution in [0, 0.1) is 0 Å². The highest BCUT2D eigenvalue weighted by molar-refractivity contribution is 6.58. The Kier molecular flexibility index (Phi) is 2.54. The van der Waals surface area contributed by atoms with Crippen molar-refractivity contribution in [2.45, 2.75) is 6.92 Å². The zero-order chi connectivity index (χ0) is 7.49. The van der Waals surface area contributed by atoms with Gasteiger partial charge in [-0.25, -0.2) is 0 Å². The molecule has 0 spiro atoms. The molecule has 0 atom stereocenters. The van der Waals surface area contributed by atoms with Crippen LogP contribution in [-0.4, -0.2) is 19.3 Å². The third kappa shape index (κ3) is 7.32. The fourth-order valence-electron chi connectivity index (χ4n) is 0.259. The highest BCUT2D eigenvalue weighted by Crippen LogP contribution is 2.04. The van der Waals surface area contributed by atoms with Crippen molar-refractivity contribution in [1.82, 2.24) is 5.32 Å². The first-order chi connectivity index (χ1) is 3.92. The van der Waals surface area contributed by atoms with Gasteiger partial charge in [-0.2, -0.15) is 0 Å². The standard InChI is InChI=1S/C3H6BF3NO/c1-3(9)8-2-4(5,6)7/h2H2,1H3,(H,8,9)/q-1. The molecule has 0 aromatic rings. The monoisotopic (exact) mass is 140 g/mol. The van der Waals surface area contributed by atoms with Crippen LogP contribution in [0.15, 0.2) is 0 Å². The van der Waals surface area contributed by atoms with Gasteiger partial charge in [0.15, 0.2) is 0 Å². The number of amides is 1. The molecule has 0 aromatic heterocycles. The number of carbonyl (C=O) groups excluding carboxylic acids is 1. The normalized spacial score (nSPS) is 11.1.